The van der Waals surface area contributed by atoms with Crippen molar-refractivity contribution >= 4 is 5.78 Å². The van der Waals surface area contributed by atoms with E-state index >= 15 is 0 Å². The summed E-state index contributed by atoms with van der Waals surface area (Å²) in [5, 5.41) is 10.5. The minimum Gasteiger partial charge on any atom is -0.388 e. The zero-order chi connectivity index (χ0) is 26.8. The van der Waals surface area contributed by atoms with Gasteiger partial charge in [0.2, 0.25) is 0 Å². The second kappa shape index (κ2) is 19.6. The van der Waals surface area contributed by atoms with E-state index in [-0.39, 0.29) is 18.1 Å². The highest BCUT2D eigenvalue weighted by atomic mass is 16.5. The van der Waals surface area contributed by atoms with Crippen LogP contribution in [0.2, 0.25) is 0 Å². The molecule has 3 nitrogen and oxygen atoms in total. The average molecular weight is 501 g/mol. The van der Waals surface area contributed by atoms with Gasteiger partial charge < -0.3 is 9.84 Å². The molecular weight excluding hydrogens is 444 g/mol. The largest absolute Gasteiger partial charge is 0.388 e. The maximum absolute atomic E-state index is 12.5. The van der Waals surface area contributed by atoms with Crippen LogP contribution in [0.1, 0.15) is 118 Å². The van der Waals surface area contributed by atoms with Crippen molar-refractivity contribution in [2.24, 2.45) is 17.8 Å². The predicted octanol–water partition coefficient (Wildman–Crippen LogP) is 8.93. The molecule has 0 aromatic rings. The Balaban J connectivity index is 2.17. The number of carbonyl (C=O) groups is 1. The van der Waals surface area contributed by atoms with Crippen LogP contribution in [0.5, 0.6) is 0 Å². The minimum absolute atomic E-state index is 0.0208. The summed E-state index contributed by atoms with van der Waals surface area (Å²) in [4.78, 5) is 12.5. The Morgan fingerprint density at radius 2 is 1.72 bits per heavy atom. The second-order valence-electron chi connectivity index (χ2n) is 11.4. The van der Waals surface area contributed by atoms with E-state index in [2.05, 4.69) is 51.2 Å². The topological polar surface area (TPSA) is 46.5 Å². The van der Waals surface area contributed by atoms with E-state index in [9.17, 15) is 9.90 Å². The van der Waals surface area contributed by atoms with E-state index in [1.54, 1.807) is 0 Å². The number of hydrogen-bond acceptors (Lipinski definition) is 3. The number of aliphatic hydroxyl groups excluding tert-OH is 1. The summed E-state index contributed by atoms with van der Waals surface area (Å²) in [6.07, 6.45) is 26.9. The molecule has 0 aliphatic heterocycles. The van der Waals surface area contributed by atoms with Gasteiger partial charge in [0, 0.05) is 19.4 Å². The van der Waals surface area contributed by atoms with E-state index < -0.39 is 6.10 Å². The van der Waals surface area contributed by atoms with Crippen LogP contribution in [0.15, 0.2) is 47.6 Å². The maximum atomic E-state index is 12.5. The van der Waals surface area contributed by atoms with Gasteiger partial charge in [-0.2, -0.15) is 0 Å². The Bertz CT molecular complexity index is 712. The lowest BCUT2D eigenvalue weighted by Gasteiger charge is -2.28. The van der Waals surface area contributed by atoms with Gasteiger partial charge in [-0.1, -0.05) is 101 Å². The highest BCUT2D eigenvalue weighted by molar-refractivity contribution is 5.81. The van der Waals surface area contributed by atoms with Crippen molar-refractivity contribution < 1.29 is 14.6 Å². The molecule has 0 spiro atoms. The number of allylic oxidation sites excluding steroid dienone is 7. The summed E-state index contributed by atoms with van der Waals surface area (Å²) >= 11 is 0. The summed E-state index contributed by atoms with van der Waals surface area (Å²) in [7, 11) is 1.85. The molecule has 1 saturated carbocycles. The van der Waals surface area contributed by atoms with Crippen LogP contribution in [0.4, 0.5) is 0 Å². The number of hydrogen-bond donors (Lipinski definition) is 1. The normalized spacial score (nSPS) is 21.6. The molecule has 1 N–H and O–H groups in total. The maximum Gasteiger partial charge on any atom is 0.138 e. The van der Waals surface area contributed by atoms with Gasteiger partial charge in [0.05, 0.1) is 12.2 Å². The van der Waals surface area contributed by atoms with Crippen LogP contribution < -0.4 is 0 Å². The molecule has 3 heteroatoms. The predicted molar refractivity (Wildman–Crippen MR) is 155 cm³/mol. The molecule has 206 valence electrons. The number of unbranched alkanes of at least 4 members (excludes halogenated alkanes) is 4. The van der Waals surface area contributed by atoms with E-state index in [1.807, 2.05) is 27.0 Å². The van der Waals surface area contributed by atoms with Gasteiger partial charge >= 0.3 is 0 Å². The summed E-state index contributed by atoms with van der Waals surface area (Å²) in [5.41, 5.74) is 2.31. The monoisotopic (exact) mass is 500 g/mol. The molecule has 1 aliphatic rings. The van der Waals surface area contributed by atoms with Gasteiger partial charge in [-0.3, -0.25) is 4.79 Å². The molecule has 0 bridgehead atoms. The van der Waals surface area contributed by atoms with Gasteiger partial charge in [-0.15, -0.1) is 0 Å². The van der Waals surface area contributed by atoms with Gasteiger partial charge in [0.25, 0.3) is 0 Å². The Hall–Kier alpha value is -1.45. The lowest BCUT2D eigenvalue weighted by molar-refractivity contribution is -0.124. The first-order valence-electron chi connectivity index (χ1n) is 14.6. The Labute approximate surface area is 223 Å². The van der Waals surface area contributed by atoms with Crippen LogP contribution in [-0.2, 0) is 9.53 Å². The number of Topliss-reactive ketones (excluding diaryl/α,β-unsaturated/α-hetero) is 1. The molecule has 36 heavy (non-hydrogen) atoms. The number of ether oxygens (including phenoxy) is 1. The van der Waals surface area contributed by atoms with Crippen molar-refractivity contribution in [3.05, 3.63) is 47.6 Å². The van der Waals surface area contributed by atoms with Crippen molar-refractivity contribution in [2.45, 2.75) is 130 Å². The molecule has 0 amide bonds. The zero-order valence-corrected chi connectivity index (χ0v) is 24.3. The number of rotatable bonds is 18. The lowest BCUT2D eigenvalue weighted by Crippen LogP contribution is -2.21. The van der Waals surface area contributed by atoms with Gasteiger partial charge in [0.15, 0.2) is 0 Å². The Morgan fingerprint density at radius 1 is 0.972 bits per heavy atom. The third-order valence-electron chi connectivity index (χ3n) is 7.97. The molecule has 0 heterocycles. The molecular formula is C33H56O3. The van der Waals surface area contributed by atoms with Crippen molar-refractivity contribution in [1.29, 1.82) is 0 Å². The van der Waals surface area contributed by atoms with Crippen LogP contribution >= 0.6 is 0 Å². The molecule has 1 rings (SSSR count). The fraction of sp³-hybridized carbons (Fsp3) is 0.727. The Kier molecular flexibility index (Phi) is 17.8. The number of ketones is 1. The van der Waals surface area contributed by atoms with Crippen LogP contribution in [0.3, 0.4) is 0 Å². The molecule has 0 saturated heterocycles. The van der Waals surface area contributed by atoms with Gasteiger partial charge in [0.1, 0.15) is 5.78 Å². The molecule has 0 aromatic heterocycles. The first kappa shape index (κ1) is 32.6. The fourth-order valence-corrected chi connectivity index (χ4v) is 4.81. The first-order chi connectivity index (χ1) is 17.2. The van der Waals surface area contributed by atoms with E-state index in [1.165, 1.54) is 56.9 Å². The summed E-state index contributed by atoms with van der Waals surface area (Å²) in [5.74, 6) is 1.57. The fourth-order valence-electron chi connectivity index (χ4n) is 4.81. The third kappa shape index (κ3) is 15.0. The molecule has 1 fully saturated rings. The Morgan fingerprint density at radius 3 is 2.44 bits per heavy atom. The summed E-state index contributed by atoms with van der Waals surface area (Å²) in [6.45, 7) is 10.5. The van der Waals surface area contributed by atoms with Crippen molar-refractivity contribution in [2.75, 3.05) is 7.11 Å². The highest BCUT2D eigenvalue weighted by Crippen LogP contribution is 2.30. The second-order valence-corrected chi connectivity index (χ2v) is 11.4. The molecule has 0 radical (unpaired) electrons. The minimum atomic E-state index is -0.644. The number of methoxy groups -OCH3 is 1. The van der Waals surface area contributed by atoms with E-state index in [4.69, 9.17) is 4.74 Å². The number of aliphatic hydroxyl groups is 1. The lowest BCUT2D eigenvalue weighted by atomic mass is 9.84. The molecule has 0 aromatic carbocycles. The average Bonchev–Trinajstić information content (AvgIpc) is 2.86. The van der Waals surface area contributed by atoms with Crippen LogP contribution in [0, 0.1) is 17.8 Å². The smallest absolute Gasteiger partial charge is 0.138 e. The summed E-state index contributed by atoms with van der Waals surface area (Å²) in [6, 6.07) is 0. The quantitative estimate of drug-likeness (QED) is 0.116. The van der Waals surface area contributed by atoms with Crippen LogP contribution in [-0.4, -0.2) is 30.2 Å². The van der Waals surface area contributed by atoms with Crippen molar-refractivity contribution in [1.82, 2.24) is 0 Å². The zero-order valence-electron chi connectivity index (χ0n) is 24.3. The van der Waals surface area contributed by atoms with Crippen molar-refractivity contribution in [3.63, 3.8) is 0 Å². The highest BCUT2D eigenvalue weighted by Gasteiger charge is 2.21. The van der Waals surface area contributed by atoms with E-state index in [0.29, 0.717) is 12.0 Å². The SMILES string of the molecule is COC1CCCC(CCCCCC/C=C(\C)C(O)CC(=O)C(C)CC/C=C/C=C/C=C(\C)C(C)C)C1. The van der Waals surface area contributed by atoms with E-state index in [0.717, 1.165) is 37.2 Å². The molecule has 4 unspecified atom stereocenters. The van der Waals surface area contributed by atoms with Crippen LogP contribution in [0.25, 0.3) is 0 Å². The number of carbonyl (C=O) groups excluding carboxylic acids is 1. The van der Waals surface area contributed by atoms with Gasteiger partial charge in [-0.25, -0.2) is 0 Å². The van der Waals surface area contributed by atoms with Crippen molar-refractivity contribution in [3.8, 4) is 0 Å². The molecule has 1 aliphatic carbocycles. The van der Waals surface area contributed by atoms with Gasteiger partial charge in [-0.05, 0) is 69.8 Å². The molecule has 4 atom stereocenters. The standard InChI is InChI=1S/C33H56O3/c1-26(2)27(3)18-13-9-7-10-14-19-28(4)32(34)25-33(35)29(5)20-15-11-8-12-16-21-30-22-17-23-31(24-30)36-6/h7,9-10,13,18,20,26,28,30-31,33,35H,8,11-12,14-17,19,21-25H2,1-6H3/b10-7+,13-9+,27-18+,29-20+. The first-order valence-corrected chi connectivity index (χ1v) is 14.6. The third-order valence-corrected chi connectivity index (χ3v) is 7.97. The summed E-state index contributed by atoms with van der Waals surface area (Å²) < 4.78 is 5.55.